The Labute approximate surface area is 267 Å². The van der Waals surface area contributed by atoms with Crippen LogP contribution >= 0.6 is 23.4 Å². The first-order chi connectivity index (χ1) is 21.4. The van der Waals surface area contributed by atoms with Crippen LogP contribution in [-0.4, -0.2) is 50.4 Å². The Kier molecular flexibility index (Phi) is 9.59. The molecule has 1 aromatic heterocycles. The molecule has 2 heterocycles. The van der Waals surface area contributed by atoms with Crippen molar-refractivity contribution in [1.29, 1.82) is 0 Å². The number of aromatic nitrogens is 3. The van der Waals surface area contributed by atoms with E-state index in [1.54, 1.807) is 17.0 Å². The van der Waals surface area contributed by atoms with Crippen molar-refractivity contribution in [1.82, 2.24) is 25.4 Å². The summed E-state index contributed by atoms with van der Waals surface area (Å²) in [5.74, 6) is 0.417. The zero-order chi connectivity index (χ0) is 32.3. The maximum atomic E-state index is 12.9. The van der Waals surface area contributed by atoms with Crippen LogP contribution in [0.25, 0.3) is 17.1 Å². The van der Waals surface area contributed by atoms with Gasteiger partial charge >= 0.3 is 12.4 Å². The third-order valence-corrected chi connectivity index (χ3v) is 8.25. The third-order valence-electron chi connectivity index (χ3n) is 6.95. The number of nitrogens with one attached hydrogen (secondary N) is 2. The summed E-state index contributed by atoms with van der Waals surface area (Å²) in [6.07, 6.45) is -2.74. The van der Waals surface area contributed by atoms with Crippen molar-refractivity contribution in [2.24, 2.45) is 0 Å². The molecule has 2 unspecified atom stereocenters. The van der Waals surface area contributed by atoms with E-state index in [2.05, 4.69) is 25.5 Å². The first-order valence-corrected chi connectivity index (χ1v) is 15.5. The van der Waals surface area contributed by atoms with Crippen molar-refractivity contribution in [2.75, 3.05) is 10.7 Å². The average Bonchev–Trinajstić information content (AvgIpc) is 3.60. The summed E-state index contributed by atoms with van der Waals surface area (Å²) < 4.78 is 42.6. The molecule has 1 saturated heterocycles. The van der Waals surface area contributed by atoms with Gasteiger partial charge in [-0.1, -0.05) is 55.8 Å². The van der Waals surface area contributed by atoms with Crippen LogP contribution < -0.4 is 20.3 Å². The first kappa shape index (κ1) is 32.2. The Balaban J connectivity index is 1.17. The van der Waals surface area contributed by atoms with E-state index in [4.69, 9.17) is 11.6 Å². The molecular weight excluding hydrogens is 629 g/mol. The Hall–Kier alpha value is -4.23. The molecule has 3 amide bonds. The number of hydrogen-bond donors (Lipinski definition) is 2. The minimum atomic E-state index is -4.76. The van der Waals surface area contributed by atoms with Crippen molar-refractivity contribution in [3.05, 3.63) is 89.2 Å². The fourth-order valence-corrected chi connectivity index (χ4v) is 6.07. The zero-order valence-corrected chi connectivity index (χ0v) is 26.1. The zero-order valence-electron chi connectivity index (χ0n) is 24.5. The second-order valence-corrected chi connectivity index (χ2v) is 12.3. The lowest BCUT2D eigenvalue weighted by atomic mass is 10.0. The van der Waals surface area contributed by atoms with Gasteiger partial charge in [-0.25, -0.2) is 14.5 Å². The number of nitrogens with zero attached hydrogens (tertiary/aromatic N) is 4. The van der Waals surface area contributed by atoms with Crippen LogP contribution in [0.2, 0.25) is 5.02 Å². The summed E-state index contributed by atoms with van der Waals surface area (Å²) in [6, 6.07) is 17.7. The van der Waals surface area contributed by atoms with Gasteiger partial charge in [-0.2, -0.15) is 0 Å². The van der Waals surface area contributed by atoms with Gasteiger partial charge in [0.25, 0.3) is 0 Å². The van der Waals surface area contributed by atoms with E-state index in [1.165, 1.54) is 47.0 Å². The van der Waals surface area contributed by atoms with E-state index in [-0.39, 0.29) is 29.4 Å². The molecule has 0 saturated carbocycles. The number of alkyl halides is 3. The second-order valence-electron chi connectivity index (χ2n) is 10.8. The molecule has 0 bridgehead atoms. The molecule has 9 nitrogen and oxygen atoms in total. The van der Waals surface area contributed by atoms with Gasteiger partial charge in [-0.15, -0.1) is 30.0 Å². The van der Waals surface area contributed by atoms with Gasteiger partial charge in [0.1, 0.15) is 12.1 Å². The highest BCUT2D eigenvalue weighted by Gasteiger charge is 2.36. The topological polar surface area (TPSA) is 101 Å². The largest absolute Gasteiger partial charge is 0.573 e. The van der Waals surface area contributed by atoms with Crippen LogP contribution in [-0.2, 0) is 11.2 Å². The average molecular weight is 659 g/mol. The molecule has 2 atom stereocenters. The van der Waals surface area contributed by atoms with Crippen molar-refractivity contribution >= 4 is 41.0 Å². The number of rotatable bonds is 9. The van der Waals surface area contributed by atoms with Crippen molar-refractivity contribution in [3.63, 3.8) is 0 Å². The van der Waals surface area contributed by atoms with E-state index >= 15 is 0 Å². The molecule has 0 spiro atoms. The van der Waals surface area contributed by atoms with Crippen molar-refractivity contribution in [3.8, 4) is 22.8 Å². The summed E-state index contributed by atoms with van der Waals surface area (Å²) in [6.45, 7) is 5.96. The van der Waals surface area contributed by atoms with Crippen LogP contribution in [0.15, 0.2) is 73.1 Å². The summed E-state index contributed by atoms with van der Waals surface area (Å²) in [5.41, 5.74) is 3.33. The molecule has 1 aliphatic heterocycles. The Morgan fingerprint density at radius 1 is 1.09 bits per heavy atom. The van der Waals surface area contributed by atoms with Gasteiger partial charge in [-0.3, -0.25) is 9.69 Å². The molecule has 0 aliphatic carbocycles. The molecular formula is C31H30ClF3N6O3S. The quantitative estimate of drug-likeness (QED) is 0.203. The molecule has 1 fully saturated rings. The lowest BCUT2D eigenvalue weighted by Crippen LogP contribution is -2.50. The summed E-state index contributed by atoms with van der Waals surface area (Å²) in [5, 5.41) is 10.8. The van der Waals surface area contributed by atoms with Gasteiger partial charge in [-0.05, 0) is 66.8 Å². The van der Waals surface area contributed by atoms with Gasteiger partial charge in [0, 0.05) is 16.6 Å². The number of ether oxygens (including phenoxy) is 1. The SMILES string of the molecule is CC(Cc1ccc(-c2ncn(-c3ccc(OC(F)(F)F)cc3)n2)cc1)NC(=O)NC1SCC(=O)N1c1cc(Cl)ccc1C(C)C. The molecule has 45 heavy (non-hydrogen) atoms. The number of benzene rings is 3. The highest BCUT2D eigenvalue weighted by molar-refractivity contribution is 8.01. The molecule has 4 aromatic rings. The number of urea groups is 1. The van der Waals surface area contributed by atoms with Crippen LogP contribution in [0.4, 0.5) is 23.7 Å². The number of carbonyl (C=O) groups is 2. The lowest BCUT2D eigenvalue weighted by molar-refractivity contribution is -0.274. The van der Waals surface area contributed by atoms with E-state index in [0.29, 0.717) is 28.6 Å². The molecule has 236 valence electrons. The van der Waals surface area contributed by atoms with E-state index in [0.717, 1.165) is 16.7 Å². The highest BCUT2D eigenvalue weighted by atomic mass is 35.5. The van der Waals surface area contributed by atoms with Gasteiger partial charge in [0.05, 0.1) is 17.1 Å². The second kappa shape index (κ2) is 13.4. The maximum Gasteiger partial charge on any atom is 0.573 e. The highest BCUT2D eigenvalue weighted by Crippen LogP contribution is 2.36. The van der Waals surface area contributed by atoms with Crippen LogP contribution in [0.1, 0.15) is 37.8 Å². The maximum absolute atomic E-state index is 12.9. The smallest absolute Gasteiger partial charge is 0.406 e. The van der Waals surface area contributed by atoms with E-state index in [1.807, 2.05) is 51.1 Å². The summed E-state index contributed by atoms with van der Waals surface area (Å²) in [7, 11) is 0. The van der Waals surface area contributed by atoms with E-state index in [9.17, 15) is 22.8 Å². The minimum absolute atomic E-state index is 0.102. The van der Waals surface area contributed by atoms with E-state index < -0.39 is 17.9 Å². The van der Waals surface area contributed by atoms with Crippen LogP contribution in [0.5, 0.6) is 5.75 Å². The Morgan fingerprint density at radius 3 is 2.47 bits per heavy atom. The van der Waals surface area contributed by atoms with Gasteiger partial charge in [0.2, 0.25) is 5.91 Å². The predicted octanol–water partition coefficient (Wildman–Crippen LogP) is 6.90. The summed E-state index contributed by atoms with van der Waals surface area (Å²) >= 11 is 7.60. The number of hydrogen-bond acceptors (Lipinski definition) is 6. The van der Waals surface area contributed by atoms with Crippen molar-refractivity contribution in [2.45, 2.75) is 51.0 Å². The number of carbonyl (C=O) groups excluding carboxylic acids is 2. The third kappa shape index (κ3) is 8.08. The fraction of sp³-hybridized carbons (Fsp3) is 0.290. The molecule has 5 rings (SSSR count). The van der Waals surface area contributed by atoms with Crippen LogP contribution in [0, 0.1) is 0 Å². The molecule has 2 N–H and O–H groups in total. The number of amides is 3. The molecule has 0 radical (unpaired) electrons. The molecule has 1 aliphatic rings. The minimum Gasteiger partial charge on any atom is -0.406 e. The monoisotopic (exact) mass is 658 g/mol. The lowest BCUT2D eigenvalue weighted by Gasteiger charge is -2.28. The predicted molar refractivity (Wildman–Crippen MR) is 168 cm³/mol. The summed E-state index contributed by atoms with van der Waals surface area (Å²) in [4.78, 5) is 31.7. The normalized spacial score (nSPS) is 15.8. The molecule has 14 heteroatoms. The first-order valence-electron chi connectivity index (χ1n) is 14.0. The fourth-order valence-electron chi connectivity index (χ4n) is 4.90. The Bertz CT molecular complexity index is 1660. The Morgan fingerprint density at radius 2 is 1.80 bits per heavy atom. The number of halogens is 4. The van der Waals surface area contributed by atoms with Gasteiger partial charge in [0.15, 0.2) is 11.3 Å². The molecule has 3 aromatic carbocycles. The number of anilines is 1. The van der Waals surface area contributed by atoms with Gasteiger partial charge < -0.3 is 15.4 Å². The number of thioether (sulfide) groups is 1. The van der Waals surface area contributed by atoms with Crippen LogP contribution in [0.3, 0.4) is 0 Å². The standard InChI is InChI=1S/C31H30ClF3N6O3S/c1-18(2)25-13-8-22(32)15-26(25)41-27(42)16-45-30(41)38-29(43)37-19(3)14-20-4-6-21(7-5-20)28-36-17-40(39-28)23-9-11-24(12-10-23)44-31(33,34)35/h4-13,15,17-19,30H,14,16H2,1-3H3,(H2,37,38,43). The van der Waals surface area contributed by atoms with Crippen molar-refractivity contribution < 1.29 is 27.5 Å².